The van der Waals surface area contributed by atoms with E-state index >= 15 is 0 Å². The van der Waals surface area contributed by atoms with E-state index in [2.05, 4.69) is 4.74 Å². The SMILES string of the molecule is O=C(COC(=O)CN1C(=O)[C@@H]2CCCC[C@H]2C1=O)Nc1ccc([N+](=O)[O-])cc1C(F)(F)F. The van der Waals surface area contributed by atoms with Crippen molar-refractivity contribution in [1.82, 2.24) is 4.90 Å². The fraction of sp³-hybridized carbons (Fsp3) is 0.474. The Morgan fingerprint density at radius 3 is 2.28 bits per heavy atom. The van der Waals surface area contributed by atoms with Gasteiger partial charge in [-0.15, -0.1) is 0 Å². The maximum Gasteiger partial charge on any atom is 0.418 e. The lowest BCUT2D eigenvalue weighted by Gasteiger charge is -2.19. The van der Waals surface area contributed by atoms with Gasteiger partial charge in [0.1, 0.15) is 6.54 Å². The molecule has 172 valence electrons. The number of esters is 1. The van der Waals surface area contributed by atoms with Crippen molar-refractivity contribution >= 4 is 35.1 Å². The Balaban J connectivity index is 1.58. The average Bonchev–Trinajstić information content (AvgIpc) is 2.97. The third kappa shape index (κ3) is 4.86. The Kier molecular flexibility index (Phi) is 6.46. The van der Waals surface area contributed by atoms with Gasteiger partial charge in [0.2, 0.25) is 11.8 Å². The minimum Gasteiger partial charge on any atom is -0.454 e. The first-order valence-corrected chi connectivity index (χ1v) is 9.65. The van der Waals surface area contributed by atoms with Gasteiger partial charge in [-0.2, -0.15) is 13.2 Å². The number of imide groups is 1. The van der Waals surface area contributed by atoms with Crippen molar-refractivity contribution < 1.29 is 42.0 Å². The number of nitro benzene ring substituents is 1. The van der Waals surface area contributed by atoms with Gasteiger partial charge >= 0.3 is 12.1 Å². The zero-order chi connectivity index (χ0) is 23.6. The molecule has 3 amide bonds. The largest absolute Gasteiger partial charge is 0.454 e. The van der Waals surface area contributed by atoms with Crippen LogP contribution in [0.2, 0.25) is 0 Å². The number of amides is 3. The van der Waals surface area contributed by atoms with Crippen LogP contribution in [0.3, 0.4) is 0 Å². The molecule has 0 aromatic heterocycles. The number of ether oxygens (including phenoxy) is 1. The number of likely N-dealkylation sites (tertiary alicyclic amines) is 1. The van der Waals surface area contributed by atoms with Crippen molar-refractivity contribution in [2.24, 2.45) is 11.8 Å². The van der Waals surface area contributed by atoms with Gasteiger partial charge in [0.15, 0.2) is 6.61 Å². The molecule has 1 aromatic carbocycles. The number of hydrogen-bond donors (Lipinski definition) is 1. The number of alkyl halides is 3. The first-order chi connectivity index (χ1) is 15.0. The van der Waals surface area contributed by atoms with E-state index in [1.54, 1.807) is 0 Å². The van der Waals surface area contributed by atoms with E-state index in [4.69, 9.17) is 0 Å². The topological polar surface area (TPSA) is 136 Å². The predicted octanol–water partition coefficient (Wildman–Crippen LogP) is 2.27. The Hall–Kier alpha value is -3.51. The van der Waals surface area contributed by atoms with Crippen LogP contribution in [0.5, 0.6) is 0 Å². The van der Waals surface area contributed by atoms with Gasteiger partial charge in [0, 0.05) is 12.1 Å². The number of nitrogens with zero attached hydrogens (tertiary/aromatic N) is 2. The minimum atomic E-state index is -4.99. The average molecular weight is 457 g/mol. The van der Waals surface area contributed by atoms with E-state index in [-0.39, 0.29) is 6.07 Å². The molecule has 1 N–H and O–H groups in total. The molecule has 2 aliphatic rings. The third-order valence-corrected chi connectivity index (χ3v) is 5.38. The smallest absolute Gasteiger partial charge is 0.418 e. The van der Waals surface area contributed by atoms with Crippen LogP contribution in [-0.4, -0.2) is 46.7 Å². The molecule has 0 radical (unpaired) electrons. The second-order valence-electron chi connectivity index (χ2n) is 7.45. The van der Waals surface area contributed by atoms with Gasteiger partial charge in [-0.25, -0.2) is 0 Å². The second-order valence-corrected chi connectivity index (χ2v) is 7.45. The Morgan fingerprint density at radius 2 is 1.75 bits per heavy atom. The van der Waals surface area contributed by atoms with Crippen molar-refractivity contribution in [2.75, 3.05) is 18.5 Å². The summed E-state index contributed by atoms with van der Waals surface area (Å²) in [6.45, 7) is -1.67. The quantitative estimate of drug-likeness (QED) is 0.300. The fourth-order valence-corrected chi connectivity index (χ4v) is 3.88. The number of rotatable bonds is 6. The number of nitrogens with one attached hydrogen (secondary N) is 1. The lowest BCUT2D eigenvalue weighted by molar-refractivity contribution is -0.385. The van der Waals surface area contributed by atoms with E-state index in [1.807, 2.05) is 5.32 Å². The first kappa shape index (κ1) is 23.2. The van der Waals surface area contributed by atoms with Crippen molar-refractivity contribution in [2.45, 2.75) is 31.9 Å². The van der Waals surface area contributed by atoms with Crippen molar-refractivity contribution in [3.8, 4) is 0 Å². The number of halogens is 3. The normalized spacial score (nSPS) is 20.7. The Bertz CT molecular complexity index is 955. The number of nitro groups is 1. The van der Waals surface area contributed by atoms with Crippen LogP contribution in [0.4, 0.5) is 24.5 Å². The van der Waals surface area contributed by atoms with Gasteiger partial charge in [0.25, 0.3) is 11.6 Å². The van der Waals surface area contributed by atoms with Crippen LogP contribution in [0.25, 0.3) is 0 Å². The fourth-order valence-electron chi connectivity index (χ4n) is 3.88. The van der Waals surface area contributed by atoms with Gasteiger partial charge in [-0.3, -0.25) is 34.2 Å². The molecule has 2 fully saturated rings. The van der Waals surface area contributed by atoms with Crippen LogP contribution >= 0.6 is 0 Å². The molecule has 1 aliphatic carbocycles. The molecule has 0 bridgehead atoms. The molecule has 13 heteroatoms. The van der Waals surface area contributed by atoms with Crippen LogP contribution in [0.1, 0.15) is 31.2 Å². The Labute approximate surface area is 178 Å². The van der Waals surface area contributed by atoms with Crippen LogP contribution in [0, 0.1) is 22.0 Å². The van der Waals surface area contributed by atoms with Crippen LogP contribution < -0.4 is 5.32 Å². The molecule has 3 rings (SSSR count). The molecule has 1 saturated heterocycles. The van der Waals surface area contributed by atoms with Gasteiger partial charge in [0.05, 0.1) is 28.0 Å². The first-order valence-electron chi connectivity index (χ1n) is 9.65. The zero-order valence-electron chi connectivity index (χ0n) is 16.5. The van der Waals surface area contributed by atoms with Crippen molar-refractivity contribution in [1.29, 1.82) is 0 Å². The second kappa shape index (κ2) is 8.93. The minimum absolute atomic E-state index is 0.270. The molecule has 1 heterocycles. The monoisotopic (exact) mass is 457 g/mol. The summed E-state index contributed by atoms with van der Waals surface area (Å²) in [6.07, 6.45) is -2.26. The number of anilines is 1. The number of fused-ring (bicyclic) bond motifs is 1. The molecule has 1 aromatic rings. The van der Waals surface area contributed by atoms with Crippen LogP contribution in [0.15, 0.2) is 18.2 Å². The lowest BCUT2D eigenvalue weighted by atomic mass is 9.81. The third-order valence-electron chi connectivity index (χ3n) is 5.38. The van der Waals surface area contributed by atoms with Crippen molar-refractivity contribution in [3.63, 3.8) is 0 Å². The van der Waals surface area contributed by atoms with Gasteiger partial charge in [-0.05, 0) is 18.9 Å². The highest BCUT2D eigenvalue weighted by Crippen LogP contribution is 2.38. The molecular weight excluding hydrogens is 439 g/mol. The highest BCUT2D eigenvalue weighted by Gasteiger charge is 2.48. The summed E-state index contributed by atoms with van der Waals surface area (Å²) >= 11 is 0. The molecule has 1 aliphatic heterocycles. The predicted molar refractivity (Wildman–Crippen MR) is 99.9 cm³/mol. The summed E-state index contributed by atoms with van der Waals surface area (Å²) in [5, 5.41) is 12.6. The zero-order valence-corrected chi connectivity index (χ0v) is 16.5. The molecular formula is C19H18F3N3O7. The number of carbonyl (C=O) groups excluding carboxylic acids is 4. The number of hydrogen-bond acceptors (Lipinski definition) is 7. The highest BCUT2D eigenvalue weighted by atomic mass is 19.4. The molecule has 0 unspecified atom stereocenters. The molecule has 1 saturated carbocycles. The van der Waals surface area contributed by atoms with E-state index in [1.165, 1.54) is 0 Å². The van der Waals surface area contributed by atoms with E-state index < -0.39 is 76.7 Å². The number of carbonyl (C=O) groups is 4. The maximum atomic E-state index is 13.2. The van der Waals surface area contributed by atoms with E-state index in [0.717, 1.165) is 23.8 Å². The summed E-state index contributed by atoms with van der Waals surface area (Å²) in [6, 6.07) is 1.76. The summed E-state index contributed by atoms with van der Waals surface area (Å²) in [4.78, 5) is 59.1. The number of non-ortho nitro benzene ring substituents is 1. The lowest BCUT2D eigenvalue weighted by Crippen LogP contribution is -2.37. The van der Waals surface area contributed by atoms with Gasteiger partial charge in [-0.1, -0.05) is 12.8 Å². The number of benzene rings is 1. The highest BCUT2D eigenvalue weighted by molar-refractivity contribution is 6.07. The standard InChI is InChI=1S/C19H18F3N3O7/c20-19(21,22)13-7-10(25(30)31)5-6-14(13)23-15(26)9-32-16(27)8-24-17(28)11-3-1-2-4-12(11)18(24)29/h5-7,11-12H,1-4,8-9H2,(H,23,26)/t11-,12-/m1/s1. The molecule has 32 heavy (non-hydrogen) atoms. The summed E-state index contributed by atoms with van der Waals surface area (Å²) < 4.78 is 44.2. The Morgan fingerprint density at radius 1 is 1.16 bits per heavy atom. The molecule has 2 atom stereocenters. The molecule has 0 spiro atoms. The van der Waals surface area contributed by atoms with Crippen LogP contribution in [-0.2, 0) is 30.1 Å². The summed E-state index contributed by atoms with van der Waals surface area (Å²) in [5.74, 6) is -4.07. The maximum absolute atomic E-state index is 13.2. The van der Waals surface area contributed by atoms with E-state index in [0.29, 0.717) is 18.9 Å². The van der Waals surface area contributed by atoms with Gasteiger partial charge < -0.3 is 10.1 Å². The summed E-state index contributed by atoms with van der Waals surface area (Å²) in [7, 11) is 0. The summed E-state index contributed by atoms with van der Waals surface area (Å²) in [5.41, 5.74) is -3.01. The van der Waals surface area contributed by atoms with Crippen molar-refractivity contribution in [3.05, 3.63) is 33.9 Å². The van der Waals surface area contributed by atoms with E-state index in [9.17, 15) is 42.5 Å². The molecule has 10 nitrogen and oxygen atoms in total.